The molecule has 1 N–H and O–H groups in total. The molecule has 1 aromatic rings. The molecule has 88 valence electrons. The van der Waals surface area contributed by atoms with E-state index in [1.165, 1.54) is 35.7 Å². The molecule has 0 amide bonds. The maximum atomic E-state index is 4.38. The van der Waals surface area contributed by atoms with Crippen LogP contribution in [0.15, 0.2) is 0 Å². The zero-order valence-corrected chi connectivity index (χ0v) is 10.6. The lowest BCUT2D eigenvalue weighted by molar-refractivity contribution is 0.614. The molecule has 2 atom stereocenters. The predicted octanol–water partition coefficient (Wildman–Crippen LogP) is 2.20. The van der Waals surface area contributed by atoms with Crippen LogP contribution >= 0.6 is 11.3 Å². The molecule has 2 fully saturated rings. The van der Waals surface area contributed by atoms with Gasteiger partial charge in [0.25, 0.3) is 0 Å². The molecule has 0 aliphatic heterocycles. The minimum Gasteiger partial charge on any atom is -0.320 e. The Bertz CT molecular complexity index is 353. The van der Waals surface area contributed by atoms with Crippen LogP contribution in [0.3, 0.4) is 0 Å². The quantitative estimate of drug-likeness (QED) is 0.798. The molecule has 2 aliphatic rings. The average molecular weight is 237 g/mol. The van der Waals surface area contributed by atoms with E-state index in [9.17, 15) is 0 Å². The topological polar surface area (TPSA) is 37.8 Å². The lowest BCUT2D eigenvalue weighted by atomic mass is 10.1. The zero-order valence-electron chi connectivity index (χ0n) is 9.78. The van der Waals surface area contributed by atoms with Gasteiger partial charge in [0.2, 0.25) is 0 Å². The average Bonchev–Trinajstić information content (AvgIpc) is 2.76. The lowest BCUT2D eigenvalue weighted by Gasteiger charge is -2.05. The van der Waals surface area contributed by atoms with Crippen molar-refractivity contribution in [3.63, 3.8) is 0 Å². The molecule has 0 spiro atoms. The number of aryl methyl sites for hydroxylation is 1. The third-order valence-electron chi connectivity index (χ3n) is 3.89. The number of hydrogen-bond donors (Lipinski definition) is 1. The van der Waals surface area contributed by atoms with Crippen molar-refractivity contribution in [2.75, 3.05) is 13.6 Å². The highest BCUT2D eigenvalue weighted by atomic mass is 32.1. The van der Waals surface area contributed by atoms with Crippen LogP contribution in [0.5, 0.6) is 0 Å². The summed E-state index contributed by atoms with van der Waals surface area (Å²) in [7, 11) is 2.00. The van der Waals surface area contributed by atoms with Gasteiger partial charge in [-0.15, -0.1) is 21.5 Å². The maximum Gasteiger partial charge on any atom is 0.120 e. The lowest BCUT2D eigenvalue weighted by Crippen LogP contribution is -2.08. The van der Waals surface area contributed by atoms with Gasteiger partial charge in [0, 0.05) is 12.3 Å². The highest BCUT2D eigenvalue weighted by Gasteiger charge is 2.47. The highest BCUT2D eigenvalue weighted by molar-refractivity contribution is 7.11. The molecule has 0 bridgehead atoms. The van der Waals surface area contributed by atoms with Crippen LogP contribution in [-0.2, 0) is 6.42 Å². The van der Waals surface area contributed by atoms with E-state index in [-0.39, 0.29) is 0 Å². The van der Waals surface area contributed by atoms with Crippen molar-refractivity contribution in [3.8, 4) is 0 Å². The second-order valence-corrected chi connectivity index (χ2v) is 6.26. The van der Waals surface area contributed by atoms with Crippen LogP contribution in [-0.4, -0.2) is 23.8 Å². The minimum absolute atomic E-state index is 0.749. The monoisotopic (exact) mass is 237 g/mol. The van der Waals surface area contributed by atoms with E-state index in [1.54, 1.807) is 0 Å². The SMILES string of the molecule is CNCCCc1nnc(C2CC3CC3C2)s1. The Kier molecular flexibility index (Phi) is 2.94. The molecule has 4 heteroatoms. The van der Waals surface area contributed by atoms with Gasteiger partial charge in [0.15, 0.2) is 0 Å². The summed E-state index contributed by atoms with van der Waals surface area (Å²) >= 11 is 1.85. The van der Waals surface area contributed by atoms with Crippen molar-refractivity contribution >= 4 is 11.3 Å². The Hall–Kier alpha value is -0.480. The van der Waals surface area contributed by atoms with Gasteiger partial charge in [0.05, 0.1) is 0 Å². The number of nitrogens with one attached hydrogen (secondary N) is 1. The maximum absolute atomic E-state index is 4.38. The number of fused-ring (bicyclic) bond motifs is 1. The summed E-state index contributed by atoms with van der Waals surface area (Å²) in [6.07, 6.45) is 6.51. The molecule has 16 heavy (non-hydrogen) atoms. The van der Waals surface area contributed by atoms with Gasteiger partial charge in [-0.2, -0.15) is 0 Å². The number of aromatic nitrogens is 2. The van der Waals surface area contributed by atoms with Gasteiger partial charge < -0.3 is 5.32 Å². The van der Waals surface area contributed by atoms with Crippen molar-refractivity contribution in [1.29, 1.82) is 0 Å². The van der Waals surface area contributed by atoms with E-state index < -0.39 is 0 Å². The van der Waals surface area contributed by atoms with Gasteiger partial charge in [-0.3, -0.25) is 0 Å². The summed E-state index contributed by atoms with van der Waals surface area (Å²) in [6, 6.07) is 0. The Morgan fingerprint density at radius 3 is 2.81 bits per heavy atom. The molecular weight excluding hydrogens is 218 g/mol. The van der Waals surface area contributed by atoms with E-state index in [0.717, 1.165) is 30.7 Å². The molecule has 0 saturated heterocycles. The molecule has 3 rings (SSSR count). The van der Waals surface area contributed by atoms with E-state index in [4.69, 9.17) is 0 Å². The summed E-state index contributed by atoms with van der Waals surface area (Å²) in [6.45, 7) is 1.07. The first-order valence-electron chi connectivity index (χ1n) is 6.33. The summed E-state index contributed by atoms with van der Waals surface area (Å²) < 4.78 is 0. The molecule has 3 nitrogen and oxygen atoms in total. The first-order chi connectivity index (χ1) is 7.86. The standard InChI is InChI=1S/C12H19N3S/c1-13-4-2-3-11-14-15-12(16-11)10-6-8-5-9(8)7-10/h8-10,13H,2-7H2,1H3. The van der Waals surface area contributed by atoms with Gasteiger partial charge in [-0.05, 0) is 51.1 Å². The third-order valence-corrected chi connectivity index (χ3v) is 5.04. The van der Waals surface area contributed by atoms with Gasteiger partial charge in [-0.1, -0.05) is 0 Å². The first-order valence-corrected chi connectivity index (χ1v) is 7.15. The minimum atomic E-state index is 0.749. The summed E-state index contributed by atoms with van der Waals surface area (Å²) in [5.41, 5.74) is 0. The molecule has 1 aromatic heterocycles. The normalized spacial score (nSPS) is 31.7. The van der Waals surface area contributed by atoms with Crippen molar-refractivity contribution in [1.82, 2.24) is 15.5 Å². The van der Waals surface area contributed by atoms with Crippen LogP contribution in [0.4, 0.5) is 0 Å². The van der Waals surface area contributed by atoms with E-state index in [1.807, 2.05) is 18.4 Å². The summed E-state index contributed by atoms with van der Waals surface area (Å²) in [4.78, 5) is 0. The van der Waals surface area contributed by atoms with E-state index in [2.05, 4.69) is 15.5 Å². The molecule has 2 unspecified atom stereocenters. The van der Waals surface area contributed by atoms with Crippen LogP contribution < -0.4 is 5.32 Å². The van der Waals surface area contributed by atoms with E-state index in [0.29, 0.717) is 0 Å². The second-order valence-electron chi connectivity index (χ2n) is 5.17. The third kappa shape index (κ3) is 2.13. The second kappa shape index (κ2) is 4.41. The smallest absolute Gasteiger partial charge is 0.120 e. The molecule has 0 aromatic carbocycles. The number of rotatable bonds is 5. The fourth-order valence-electron chi connectivity index (χ4n) is 2.87. The van der Waals surface area contributed by atoms with Crippen LogP contribution in [0.1, 0.15) is 41.6 Å². The van der Waals surface area contributed by atoms with Crippen molar-refractivity contribution in [3.05, 3.63) is 10.0 Å². The van der Waals surface area contributed by atoms with Crippen molar-refractivity contribution in [2.45, 2.75) is 38.0 Å². The summed E-state index contributed by atoms with van der Waals surface area (Å²) in [5, 5.41) is 14.4. The molecular formula is C12H19N3S. The number of nitrogens with zero attached hydrogens (tertiary/aromatic N) is 2. The fraction of sp³-hybridized carbons (Fsp3) is 0.833. The molecule has 0 radical (unpaired) electrons. The Labute approximate surface area is 101 Å². The molecule has 2 aliphatic carbocycles. The number of hydrogen-bond acceptors (Lipinski definition) is 4. The van der Waals surface area contributed by atoms with Crippen molar-refractivity contribution < 1.29 is 0 Å². The Balaban J connectivity index is 1.55. The predicted molar refractivity (Wildman–Crippen MR) is 65.7 cm³/mol. The molecule has 2 saturated carbocycles. The van der Waals surface area contributed by atoms with Crippen LogP contribution in [0.25, 0.3) is 0 Å². The first kappa shape index (κ1) is 10.7. The van der Waals surface area contributed by atoms with Gasteiger partial charge in [-0.25, -0.2) is 0 Å². The van der Waals surface area contributed by atoms with Crippen LogP contribution in [0.2, 0.25) is 0 Å². The van der Waals surface area contributed by atoms with Crippen LogP contribution in [0, 0.1) is 11.8 Å². The largest absolute Gasteiger partial charge is 0.320 e. The summed E-state index contributed by atoms with van der Waals surface area (Å²) in [5.74, 6) is 2.84. The van der Waals surface area contributed by atoms with Crippen molar-refractivity contribution in [2.24, 2.45) is 11.8 Å². The zero-order chi connectivity index (χ0) is 11.0. The van der Waals surface area contributed by atoms with Gasteiger partial charge in [0.1, 0.15) is 10.0 Å². The highest BCUT2D eigenvalue weighted by Crippen LogP contribution is 2.57. The van der Waals surface area contributed by atoms with Gasteiger partial charge >= 0.3 is 0 Å². The fourth-order valence-corrected chi connectivity index (χ4v) is 3.88. The van der Waals surface area contributed by atoms with E-state index >= 15 is 0 Å². The Morgan fingerprint density at radius 1 is 1.25 bits per heavy atom. The Morgan fingerprint density at radius 2 is 2.06 bits per heavy atom. The molecule has 1 heterocycles.